The van der Waals surface area contributed by atoms with Gasteiger partial charge in [0, 0.05) is 37.4 Å². The second-order valence-corrected chi connectivity index (χ2v) is 12.0. The van der Waals surface area contributed by atoms with Crippen molar-refractivity contribution >= 4 is 36.0 Å². The van der Waals surface area contributed by atoms with Crippen LogP contribution < -0.4 is 11.2 Å². The van der Waals surface area contributed by atoms with Gasteiger partial charge in [-0.2, -0.15) is 9.83 Å². The fourth-order valence-electron chi connectivity index (χ4n) is 3.71. The molecule has 1 fully saturated rings. The highest BCUT2D eigenvalue weighted by atomic mass is 32.7. The maximum atomic E-state index is 13.4. The molecule has 0 radical (unpaired) electrons. The first kappa shape index (κ1) is 30.0. The molecule has 3 rings (SSSR count). The van der Waals surface area contributed by atoms with Gasteiger partial charge in [-0.25, -0.2) is 9.36 Å². The number of benzene rings is 1. The van der Waals surface area contributed by atoms with Crippen LogP contribution in [0.15, 0.2) is 52.2 Å². The smallest absolute Gasteiger partial charge is 0.386 e. The molecule has 2 heterocycles. The molecule has 39 heavy (non-hydrogen) atoms. The molecule has 0 bridgehead atoms. The second kappa shape index (κ2) is 13.0. The molecule has 0 spiro atoms. The van der Waals surface area contributed by atoms with Crippen LogP contribution in [0.3, 0.4) is 0 Å². The van der Waals surface area contributed by atoms with Crippen molar-refractivity contribution in [3.63, 3.8) is 0 Å². The van der Waals surface area contributed by atoms with Crippen LogP contribution in [0.4, 0.5) is 0 Å². The van der Waals surface area contributed by atoms with Gasteiger partial charge in [0.15, 0.2) is 18.4 Å². The SMILES string of the molecule is CC(=O)O[C@@H]1[C@H](OC(C)=O)[C@@H](CSP(=O)(O)OCCC#N)O[C@H]1n1ccc(=O)n(C(=O)c2ccccc2)c1=O. The van der Waals surface area contributed by atoms with E-state index in [0.29, 0.717) is 15.9 Å². The number of nitriles is 1. The highest BCUT2D eigenvalue weighted by Crippen LogP contribution is 2.56. The summed E-state index contributed by atoms with van der Waals surface area (Å²) < 4.78 is 34.9. The van der Waals surface area contributed by atoms with Gasteiger partial charge in [-0.05, 0) is 23.5 Å². The van der Waals surface area contributed by atoms with Gasteiger partial charge < -0.3 is 19.1 Å². The number of ether oxygens (including phenoxy) is 3. The van der Waals surface area contributed by atoms with E-state index >= 15 is 0 Å². The molecule has 208 valence electrons. The Bertz CT molecular complexity index is 1440. The number of rotatable bonds is 10. The molecule has 1 saturated heterocycles. The van der Waals surface area contributed by atoms with Gasteiger partial charge in [-0.3, -0.25) is 28.3 Å². The normalized spacial score (nSPS) is 21.9. The van der Waals surface area contributed by atoms with Crippen molar-refractivity contribution in [2.45, 2.75) is 44.8 Å². The zero-order chi connectivity index (χ0) is 28.7. The van der Waals surface area contributed by atoms with Crippen molar-refractivity contribution in [2.24, 2.45) is 0 Å². The third kappa shape index (κ3) is 7.53. The molecule has 14 nitrogen and oxygen atoms in total. The molecular weight excluding hydrogens is 557 g/mol. The van der Waals surface area contributed by atoms with E-state index in [9.17, 15) is 33.4 Å². The summed E-state index contributed by atoms with van der Waals surface area (Å²) >= 11 is 0.413. The molecule has 5 atom stereocenters. The van der Waals surface area contributed by atoms with E-state index in [-0.39, 0.29) is 24.3 Å². The molecule has 1 aliphatic rings. The average Bonchev–Trinajstić information content (AvgIpc) is 3.19. The molecule has 1 aromatic heterocycles. The predicted molar refractivity (Wildman–Crippen MR) is 135 cm³/mol. The Morgan fingerprint density at radius 3 is 2.36 bits per heavy atom. The summed E-state index contributed by atoms with van der Waals surface area (Å²) in [5.41, 5.74) is -1.99. The van der Waals surface area contributed by atoms with Crippen molar-refractivity contribution in [1.29, 1.82) is 5.26 Å². The highest BCUT2D eigenvalue weighted by Gasteiger charge is 2.51. The van der Waals surface area contributed by atoms with Crippen LogP contribution in [0.2, 0.25) is 0 Å². The van der Waals surface area contributed by atoms with Crippen LogP contribution in [-0.2, 0) is 32.9 Å². The highest BCUT2D eigenvalue weighted by molar-refractivity contribution is 8.54. The molecule has 16 heteroatoms. The van der Waals surface area contributed by atoms with Crippen molar-refractivity contribution < 1.29 is 42.6 Å². The molecule has 0 aliphatic carbocycles. The average molecular weight is 581 g/mol. The first-order valence-corrected chi connectivity index (χ1v) is 14.5. The minimum atomic E-state index is -4.27. The zero-order valence-corrected chi connectivity index (χ0v) is 22.4. The number of carbonyl (C=O) groups is 3. The second-order valence-electron chi connectivity index (χ2n) is 8.07. The molecule has 1 N–H and O–H groups in total. The first-order chi connectivity index (χ1) is 18.4. The third-order valence-corrected chi connectivity index (χ3v) is 8.32. The fourth-order valence-corrected chi connectivity index (χ4v) is 6.16. The van der Waals surface area contributed by atoms with Crippen molar-refractivity contribution in [3.8, 4) is 6.07 Å². The summed E-state index contributed by atoms with van der Waals surface area (Å²) in [4.78, 5) is 72.7. The van der Waals surface area contributed by atoms with Gasteiger partial charge in [-0.15, -0.1) is 0 Å². The maximum Gasteiger partial charge on any atom is 0.386 e. The Balaban J connectivity index is 2.00. The topological polar surface area (TPSA) is 193 Å². The van der Waals surface area contributed by atoms with E-state index in [4.69, 9.17) is 24.0 Å². The molecule has 1 unspecified atom stereocenters. The molecule has 1 aliphatic heterocycles. The number of hydrogen-bond donors (Lipinski definition) is 1. The van der Waals surface area contributed by atoms with Gasteiger partial charge in [0.1, 0.15) is 6.10 Å². The van der Waals surface area contributed by atoms with Crippen molar-refractivity contribution in [3.05, 3.63) is 69.0 Å². The Labute approximate surface area is 225 Å². The quantitative estimate of drug-likeness (QED) is 0.239. The Morgan fingerprint density at radius 1 is 1.10 bits per heavy atom. The summed E-state index contributed by atoms with van der Waals surface area (Å²) in [6.45, 7) is -2.43. The lowest BCUT2D eigenvalue weighted by Gasteiger charge is -2.24. The summed E-state index contributed by atoms with van der Waals surface area (Å²) in [7, 11) is 0. The van der Waals surface area contributed by atoms with Crippen LogP contribution in [-0.4, -0.2) is 62.5 Å². The molecule has 0 saturated carbocycles. The van der Waals surface area contributed by atoms with Crippen molar-refractivity contribution in [2.75, 3.05) is 12.4 Å². The van der Waals surface area contributed by atoms with Crippen LogP contribution in [0.25, 0.3) is 0 Å². The van der Waals surface area contributed by atoms with Gasteiger partial charge in [0.05, 0.1) is 19.1 Å². The summed E-state index contributed by atoms with van der Waals surface area (Å²) in [5, 5.41) is 8.59. The van der Waals surface area contributed by atoms with E-state index in [1.165, 1.54) is 12.1 Å². The number of carbonyl (C=O) groups excluding carboxylic acids is 3. The zero-order valence-electron chi connectivity index (χ0n) is 20.7. The van der Waals surface area contributed by atoms with Crippen LogP contribution in [0.5, 0.6) is 0 Å². The maximum absolute atomic E-state index is 13.4. The van der Waals surface area contributed by atoms with Gasteiger partial charge in [-0.1, -0.05) is 18.2 Å². The first-order valence-electron chi connectivity index (χ1n) is 11.4. The fraction of sp³-hybridized carbons (Fsp3) is 0.391. The largest absolute Gasteiger partial charge is 0.456 e. The monoisotopic (exact) mass is 581 g/mol. The minimum absolute atomic E-state index is 0.0560. The lowest BCUT2D eigenvalue weighted by atomic mass is 10.1. The van der Waals surface area contributed by atoms with Gasteiger partial charge >= 0.3 is 24.4 Å². The Kier molecular flexibility index (Phi) is 10.0. The third-order valence-electron chi connectivity index (χ3n) is 5.27. The number of aromatic nitrogens is 2. The van der Waals surface area contributed by atoms with Crippen LogP contribution in [0.1, 0.15) is 36.9 Å². The van der Waals surface area contributed by atoms with E-state index in [1.54, 1.807) is 24.3 Å². The lowest BCUT2D eigenvalue weighted by Crippen LogP contribution is -2.47. The van der Waals surface area contributed by atoms with E-state index in [2.05, 4.69) is 0 Å². The van der Waals surface area contributed by atoms with Crippen LogP contribution in [0, 0.1) is 11.3 Å². The summed E-state index contributed by atoms with van der Waals surface area (Å²) in [6, 6.07) is 10.3. The minimum Gasteiger partial charge on any atom is -0.456 e. The Morgan fingerprint density at radius 2 is 1.74 bits per heavy atom. The van der Waals surface area contributed by atoms with E-state index < -0.39 is 60.4 Å². The van der Waals surface area contributed by atoms with Crippen molar-refractivity contribution in [1.82, 2.24) is 9.13 Å². The van der Waals surface area contributed by atoms with E-state index in [0.717, 1.165) is 30.7 Å². The standard InChI is InChI=1S/C23H24N3O11PS/c1-14(27)35-19-17(13-39-38(32,33)34-12-6-10-24)37-22(20(19)36-15(2)28)25-11-9-18(29)26(23(25)31)21(30)16-7-4-3-5-8-16/h3-5,7-9,11,17,19-20,22H,6,12-13H2,1-2H3,(H,32,33)/t17-,19-,20-,22-/m1/s1. The number of hydrogen-bond acceptors (Lipinski definition) is 12. The number of esters is 2. The van der Waals surface area contributed by atoms with Crippen LogP contribution >= 0.6 is 18.2 Å². The molecule has 1 aromatic carbocycles. The summed E-state index contributed by atoms with van der Waals surface area (Å²) in [5.74, 6) is -2.87. The molecule has 2 aromatic rings. The van der Waals surface area contributed by atoms with Gasteiger partial charge in [0.25, 0.3) is 11.5 Å². The lowest BCUT2D eigenvalue weighted by molar-refractivity contribution is -0.165. The van der Waals surface area contributed by atoms with E-state index in [1.807, 2.05) is 0 Å². The molecular formula is C23H24N3O11PS. The van der Waals surface area contributed by atoms with Gasteiger partial charge in [0.2, 0.25) is 0 Å². The number of nitrogens with zero attached hydrogens (tertiary/aromatic N) is 3. The predicted octanol–water partition coefficient (Wildman–Crippen LogP) is 1.22. The Hall–Kier alpha value is -3.54. The molecule has 0 amide bonds. The summed E-state index contributed by atoms with van der Waals surface area (Å²) in [6.07, 6.45) is -4.58.